The lowest BCUT2D eigenvalue weighted by Gasteiger charge is -2.21. The average molecular weight is 304 g/mol. The second-order valence-corrected chi connectivity index (χ2v) is 6.52. The van der Waals surface area contributed by atoms with Crippen molar-refractivity contribution in [2.45, 2.75) is 46.2 Å². The van der Waals surface area contributed by atoms with E-state index in [1.54, 1.807) is 18.4 Å². The Morgan fingerprint density at radius 3 is 2.67 bits per heavy atom. The lowest BCUT2D eigenvalue weighted by Crippen LogP contribution is -2.22. The van der Waals surface area contributed by atoms with Crippen LogP contribution in [-0.2, 0) is 6.42 Å². The standard InChI is InChI=1S/C17H24N2OS/c1-6-14-10-18-17(21-14)13(4)19-12(3)15-8-7-11(2)9-16(15)20-5/h7-10,12-13,19H,6H2,1-5H3. The first-order valence-corrected chi connectivity index (χ1v) is 8.22. The van der Waals surface area contributed by atoms with Gasteiger partial charge in [0.1, 0.15) is 10.8 Å². The summed E-state index contributed by atoms with van der Waals surface area (Å²) in [6, 6.07) is 6.79. The molecule has 2 unspecified atom stereocenters. The molecule has 2 rings (SSSR count). The third kappa shape index (κ3) is 3.83. The summed E-state index contributed by atoms with van der Waals surface area (Å²) in [7, 11) is 1.72. The zero-order valence-electron chi connectivity index (χ0n) is 13.4. The summed E-state index contributed by atoms with van der Waals surface area (Å²) in [5, 5.41) is 4.76. The molecule has 0 fully saturated rings. The minimum Gasteiger partial charge on any atom is -0.496 e. The maximum Gasteiger partial charge on any atom is 0.123 e. The van der Waals surface area contributed by atoms with Gasteiger partial charge in [-0.3, -0.25) is 0 Å². The predicted octanol–water partition coefficient (Wildman–Crippen LogP) is 4.43. The zero-order chi connectivity index (χ0) is 15.4. The number of nitrogens with zero attached hydrogens (tertiary/aromatic N) is 1. The summed E-state index contributed by atoms with van der Waals surface area (Å²) < 4.78 is 5.50. The van der Waals surface area contributed by atoms with Crippen LogP contribution in [0.25, 0.3) is 0 Å². The van der Waals surface area contributed by atoms with Crippen LogP contribution < -0.4 is 10.1 Å². The summed E-state index contributed by atoms with van der Waals surface area (Å²) >= 11 is 1.79. The van der Waals surface area contributed by atoms with Gasteiger partial charge in [-0.1, -0.05) is 19.1 Å². The van der Waals surface area contributed by atoms with Crippen molar-refractivity contribution >= 4 is 11.3 Å². The van der Waals surface area contributed by atoms with Crippen molar-refractivity contribution in [3.8, 4) is 5.75 Å². The number of ether oxygens (including phenoxy) is 1. The predicted molar refractivity (Wildman–Crippen MR) is 89.2 cm³/mol. The molecule has 0 saturated carbocycles. The molecule has 0 amide bonds. The van der Waals surface area contributed by atoms with Crippen LogP contribution in [0.3, 0.4) is 0 Å². The maximum absolute atomic E-state index is 5.50. The minimum absolute atomic E-state index is 0.213. The third-order valence-corrected chi connectivity index (χ3v) is 4.97. The number of hydrogen-bond acceptors (Lipinski definition) is 4. The Balaban J connectivity index is 2.11. The van der Waals surface area contributed by atoms with Crippen molar-refractivity contribution in [1.29, 1.82) is 0 Å². The molecule has 3 nitrogen and oxygen atoms in total. The van der Waals surface area contributed by atoms with E-state index in [2.05, 4.69) is 56.2 Å². The Morgan fingerprint density at radius 1 is 1.29 bits per heavy atom. The number of aryl methyl sites for hydroxylation is 2. The van der Waals surface area contributed by atoms with E-state index in [0.717, 1.165) is 17.2 Å². The average Bonchev–Trinajstić information content (AvgIpc) is 2.95. The van der Waals surface area contributed by atoms with Gasteiger partial charge in [-0.15, -0.1) is 11.3 Å². The van der Waals surface area contributed by atoms with Gasteiger partial charge in [0.05, 0.1) is 13.2 Å². The first kappa shape index (κ1) is 16.0. The second-order valence-electron chi connectivity index (χ2n) is 5.37. The molecule has 1 heterocycles. The van der Waals surface area contributed by atoms with Crippen LogP contribution >= 0.6 is 11.3 Å². The molecule has 0 spiro atoms. The van der Waals surface area contributed by atoms with Gasteiger partial charge >= 0.3 is 0 Å². The maximum atomic E-state index is 5.50. The SMILES string of the molecule is CCc1cnc(C(C)NC(C)c2ccc(C)cc2OC)s1. The summed E-state index contributed by atoms with van der Waals surface area (Å²) in [5.41, 5.74) is 2.39. The van der Waals surface area contributed by atoms with Crippen molar-refractivity contribution in [1.82, 2.24) is 10.3 Å². The van der Waals surface area contributed by atoms with E-state index in [-0.39, 0.29) is 12.1 Å². The van der Waals surface area contributed by atoms with Crippen molar-refractivity contribution in [3.05, 3.63) is 45.4 Å². The summed E-state index contributed by atoms with van der Waals surface area (Å²) in [6.07, 6.45) is 3.03. The molecule has 0 aliphatic heterocycles. The van der Waals surface area contributed by atoms with E-state index < -0.39 is 0 Å². The number of thiazole rings is 1. The van der Waals surface area contributed by atoms with E-state index in [1.165, 1.54) is 16.0 Å². The number of hydrogen-bond donors (Lipinski definition) is 1. The first-order valence-electron chi connectivity index (χ1n) is 7.40. The van der Waals surface area contributed by atoms with Gasteiger partial charge in [0.2, 0.25) is 0 Å². The van der Waals surface area contributed by atoms with Gasteiger partial charge in [0, 0.05) is 22.7 Å². The molecule has 2 aromatic rings. The summed E-state index contributed by atoms with van der Waals surface area (Å²) in [6.45, 7) is 8.57. The van der Waals surface area contributed by atoms with E-state index in [0.29, 0.717) is 0 Å². The normalized spacial score (nSPS) is 14.0. The molecule has 114 valence electrons. The first-order chi connectivity index (χ1) is 10.0. The highest BCUT2D eigenvalue weighted by atomic mass is 32.1. The molecule has 4 heteroatoms. The van der Waals surface area contributed by atoms with Crippen LogP contribution in [0, 0.1) is 6.92 Å². The fraction of sp³-hybridized carbons (Fsp3) is 0.471. The van der Waals surface area contributed by atoms with E-state index in [4.69, 9.17) is 4.74 Å². The third-order valence-electron chi connectivity index (χ3n) is 3.65. The quantitative estimate of drug-likeness (QED) is 0.857. The van der Waals surface area contributed by atoms with Gasteiger partial charge in [-0.2, -0.15) is 0 Å². The molecule has 1 aromatic heterocycles. The fourth-order valence-corrected chi connectivity index (χ4v) is 3.27. The van der Waals surface area contributed by atoms with Crippen molar-refractivity contribution < 1.29 is 4.74 Å². The molecule has 2 atom stereocenters. The van der Waals surface area contributed by atoms with Gasteiger partial charge < -0.3 is 10.1 Å². The smallest absolute Gasteiger partial charge is 0.123 e. The van der Waals surface area contributed by atoms with Crippen LogP contribution in [0.2, 0.25) is 0 Å². The molecule has 21 heavy (non-hydrogen) atoms. The van der Waals surface area contributed by atoms with Crippen molar-refractivity contribution in [2.24, 2.45) is 0 Å². The zero-order valence-corrected chi connectivity index (χ0v) is 14.3. The highest BCUT2D eigenvalue weighted by Gasteiger charge is 2.16. The van der Waals surface area contributed by atoms with Crippen LogP contribution in [0.1, 0.15) is 53.9 Å². The number of benzene rings is 1. The van der Waals surface area contributed by atoms with E-state index in [9.17, 15) is 0 Å². The summed E-state index contributed by atoms with van der Waals surface area (Å²) in [5.74, 6) is 0.940. The molecule has 1 aromatic carbocycles. The molecule has 0 aliphatic carbocycles. The lowest BCUT2D eigenvalue weighted by atomic mass is 10.0. The fourth-order valence-electron chi connectivity index (χ4n) is 2.40. The highest BCUT2D eigenvalue weighted by Crippen LogP contribution is 2.29. The van der Waals surface area contributed by atoms with Crippen LogP contribution in [0.5, 0.6) is 5.75 Å². The van der Waals surface area contributed by atoms with E-state index in [1.807, 2.05) is 6.20 Å². The van der Waals surface area contributed by atoms with Gasteiger partial charge in [-0.25, -0.2) is 4.98 Å². The van der Waals surface area contributed by atoms with Crippen LogP contribution in [0.4, 0.5) is 0 Å². The summed E-state index contributed by atoms with van der Waals surface area (Å²) in [4.78, 5) is 5.85. The van der Waals surface area contributed by atoms with Crippen molar-refractivity contribution in [3.63, 3.8) is 0 Å². The Hall–Kier alpha value is -1.39. The number of rotatable bonds is 6. The Morgan fingerprint density at radius 2 is 2.05 bits per heavy atom. The second kappa shape index (κ2) is 7.05. The highest BCUT2D eigenvalue weighted by molar-refractivity contribution is 7.11. The molecular formula is C17H24N2OS. The van der Waals surface area contributed by atoms with Gasteiger partial charge in [0.15, 0.2) is 0 Å². The number of nitrogens with one attached hydrogen (secondary N) is 1. The lowest BCUT2D eigenvalue weighted by molar-refractivity contribution is 0.396. The largest absolute Gasteiger partial charge is 0.496 e. The molecular weight excluding hydrogens is 280 g/mol. The molecule has 0 saturated heterocycles. The Kier molecular flexibility index (Phi) is 5.37. The van der Waals surface area contributed by atoms with Crippen LogP contribution in [-0.4, -0.2) is 12.1 Å². The van der Waals surface area contributed by atoms with Gasteiger partial charge in [-0.05, 0) is 38.8 Å². The number of aromatic nitrogens is 1. The van der Waals surface area contributed by atoms with E-state index >= 15 is 0 Å². The topological polar surface area (TPSA) is 34.2 Å². The minimum atomic E-state index is 0.213. The van der Waals surface area contributed by atoms with Crippen molar-refractivity contribution in [2.75, 3.05) is 7.11 Å². The monoisotopic (exact) mass is 304 g/mol. The molecule has 1 N–H and O–H groups in total. The number of methoxy groups -OCH3 is 1. The molecule has 0 aliphatic rings. The van der Waals surface area contributed by atoms with Gasteiger partial charge in [0.25, 0.3) is 0 Å². The Bertz CT molecular complexity index is 594. The molecule has 0 bridgehead atoms. The molecule has 0 radical (unpaired) electrons. The van der Waals surface area contributed by atoms with Crippen LogP contribution in [0.15, 0.2) is 24.4 Å². The Labute approximate surface area is 131 Å².